The van der Waals surface area contributed by atoms with Crippen LogP contribution >= 0.6 is 0 Å². The minimum absolute atomic E-state index is 0.0707. The van der Waals surface area contributed by atoms with Crippen LogP contribution in [0.25, 0.3) is 10.9 Å². The number of amides is 2. The van der Waals surface area contributed by atoms with Crippen molar-refractivity contribution in [1.82, 2.24) is 24.6 Å². The second-order valence-corrected chi connectivity index (χ2v) is 10.4. The monoisotopic (exact) mass is 466 g/mol. The van der Waals surface area contributed by atoms with Crippen LogP contribution in [0.2, 0.25) is 0 Å². The Kier molecular flexibility index (Phi) is 6.82. The zero-order chi connectivity index (χ0) is 24.4. The molecule has 0 unspecified atom stereocenters. The van der Waals surface area contributed by atoms with Gasteiger partial charge < -0.3 is 19.7 Å². The maximum Gasteiger partial charge on any atom is 0.254 e. The molecule has 2 saturated heterocycles. The molecule has 0 spiro atoms. The molecule has 3 fully saturated rings. The Morgan fingerprint density at radius 2 is 1.74 bits per heavy atom. The Labute approximate surface area is 204 Å². The Hall–Kier alpha value is -2.38. The Morgan fingerprint density at radius 3 is 2.47 bits per heavy atom. The summed E-state index contributed by atoms with van der Waals surface area (Å²) in [6.07, 6.45) is 8.10. The van der Waals surface area contributed by atoms with Crippen molar-refractivity contribution >= 4 is 22.7 Å². The summed E-state index contributed by atoms with van der Waals surface area (Å²) >= 11 is 0. The fourth-order valence-electron chi connectivity index (χ4n) is 5.98. The number of carbonyl (C=O) groups excluding carboxylic acids is 2. The van der Waals surface area contributed by atoms with Crippen molar-refractivity contribution in [2.45, 2.75) is 57.0 Å². The molecular weight excluding hydrogens is 426 g/mol. The minimum atomic E-state index is -0.0711. The molecule has 3 heterocycles. The van der Waals surface area contributed by atoms with E-state index >= 15 is 0 Å². The topological polar surface area (TPSA) is 62.9 Å². The SMILES string of the molecule is [2H]c1cc2ccc(C(=O)N(CC(=O)N3CCN(C4CCN(C)CC4)CC3)C3CCCCC3)cc2[nH]1. The van der Waals surface area contributed by atoms with Gasteiger partial charge in [-0.05, 0) is 69.4 Å². The normalized spacial score (nSPS) is 22.1. The Bertz CT molecular complexity index is 1030. The lowest BCUT2D eigenvalue weighted by atomic mass is 9.93. The minimum Gasteiger partial charge on any atom is -0.361 e. The number of piperidine rings is 1. The van der Waals surface area contributed by atoms with Gasteiger partial charge in [-0.25, -0.2) is 0 Å². The predicted octanol–water partition coefficient (Wildman–Crippen LogP) is 3.18. The third-order valence-corrected chi connectivity index (χ3v) is 8.19. The van der Waals surface area contributed by atoms with Crippen LogP contribution in [0.5, 0.6) is 0 Å². The third kappa shape index (κ3) is 5.15. The van der Waals surface area contributed by atoms with Crippen LogP contribution < -0.4 is 0 Å². The molecule has 2 amide bonds. The van der Waals surface area contributed by atoms with Gasteiger partial charge >= 0.3 is 0 Å². The number of carbonyl (C=O) groups is 2. The molecule has 1 N–H and O–H groups in total. The summed E-state index contributed by atoms with van der Waals surface area (Å²) in [5.41, 5.74) is 1.38. The first-order valence-corrected chi connectivity index (χ1v) is 13.1. The van der Waals surface area contributed by atoms with Crippen molar-refractivity contribution in [3.05, 3.63) is 36.0 Å². The van der Waals surface area contributed by atoms with Crippen molar-refractivity contribution in [3.63, 3.8) is 0 Å². The summed E-state index contributed by atoms with van der Waals surface area (Å²) in [6, 6.07) is 8.06. The van der Waals surface area contributed by atoms with Gasteiger partial charge in [0.15, 0.2) is 0 Å². The van der Waals surface area contributed by atoms with E-state index in [9.17, 15) is 9.59 Å². The van der Waals surface area contributed by atoms with Crippen molar-refractivity contribution in [1.29, 1.82) is 0 Å². The van der Waals surface area contributed by atoms with Crippen LogP contribution in [-0.2, 0) is 4.79 Å². The molecule has 3 aliphatic rings. The zero-order valence-corrected chi connectivity index (χ0v) is 20.5. The highest BCUT2D eigenvalue weighted by atomic mass is 16.2. The van der Waals surface area contributed by atoms with E-state index < -0.39 is 0 Å². The molecule has 1 aliphatic carbocycles. The van der Waals surface area contributed by atoms with Crippen LogP contribution in [0, 0.1) is 0 Å². The maximum atomic E-state index is 13.7. The number of aromatic nitrogens is 1. The van der Waals surface area contributed by atoms with Gasteiger partial charge in [-0.3, -0.25) is 14.5 Å². The largest absolute Gasteiger partial charge is 0.361 e. The molecule has 7 nitrogen and oxygen atoms in total. The highest BCUT2D eigenvalue weighted by Crippen LogP contribution is 2.25. The molecule has 5 rings (SSSR count). The first-order valence-electron chi connectivity index (χ1n) is 13.6. The third-order valence-electron chi connectivity index (χ3n) is 8.19. The van der Waals surface area contributed by atoms with E-state index in [0.29, 0.717) is 17.8 Å². The fourth-order valence-corrected chi connectivity index (χ4v) is 5.98. The quantitative estimate of drug-likeness (QED) is 0.735. The van der Waals surface area contributed by atoms with Crippen LogP contribution in [0.1, 0.15) is 56.7 Å². The van der Waals surface area contributed by atoms with Crippen LogP contribution in [-0.4, -0.2) is 101 Å². The number of hydrogen-bond acceptors (Lipinski definition) is 4. The Morgan fingerprint density at radius 1 is 1.00 bits per heavy atom. The fraction of sp³-hybridized carbons (Fsp3) is 0.630. The molecule has 7 heteroatoms. The summed E-state index contributed by atoms with van der Waals surface area (Å²) in [5, 5.41) is 0.925. The van der Waals surface area contributed by atoms with Gasteiger partial charge in [0.25, 0.3) is 5.91 Å². The first-order chi connectivity index (χ1) is 17.0. The first kappa shape index (κ1) is 22.1. The van der Waals surface area contributed by atoms with Crippen LogP contribution in [0.15, 0.2) is 30.4 Å². The van der Waals surface area contributed by atoms with E-state index in [1.807, 2.05) is 28.0 Å². The highest BCUT2D eigenvalue weighted by Gasteiger charge is 2.32. The molecule has 0 bridgehead atoms. The van der Waals surface area contributed by atoms with Gasteiger partial charge in [-0.1, -0.05) is 25.3 Å². The predicted molar refractivity (Wildman–Crippen MR) is 135 cm³/mol. The lowest BCUT2D eigenvalue weighted by Crippen LogP contribution is -2.56. The van der Waals surface area contributed by atoms with E-state index in [1.165, 1.54) is 19.3 Å². The van der Waals surface area contributed by atoms with Crippen LogP contribution in [0.3, 0.4) is 0 Å². The number of likely N-dealkylation sites (tertiary alicyclic amines) is 1. The molecule has 1 aromatic carbocycles. The zero-order valence-electron chi connectivity index (χ0n) is 21.5. The summed E-state index contributed by atoms with van der Waals surface area (Å²) in [6.45, 7) is 5.81. The van der Waals surface area contributed by atoms with Crippen molar-refractivity contribution in [2.24, 2.45) is 0 Å². The van der Waals surface area contributed by atoms with E-state index in [-0.39, 0.29) is 24.4 Å². The highest BCUT2D eigenvalue weighted by molar-refractivity contribution is 5.99. The number of benzene rings is 1. The Balaban J connectivity index is 1.25. The molecular formula is C27H39N5O2. The molecule has 0 atom stereocenters. The van der Waals surface area contributed by atoms with Crippen molar-refractivity contribution in [2.75, 3.05) is 52.9 Å². The van der Waals surface area contributed by atoms with Gasteiger partial charge in [-0.2, -0.15) is 0 Å². The molecule has 2 aromatic rings. The van der Waals surface area contributed by atoms with E-state index in [0.717, 1.165) is 75.9 Å². The summed E-state index contributed by atoms with van der Waals surface area (Å²) in [4.78, 5) is 38.9. The number of rotatable bonds is 5. The van der Waals surface area contributed by atoms with Crippen molar-refractivity contribution < 1.29 is 11.0 Å². The van der Waals surface area contributed by atoms with E-state index in [2.05, 4.69) is 21.8 Å². The molecule has 184 valence electrons. The lowest BCUT2D eigenvalue weighted by Gasteiger charge is -2.43. The van der Waals surface area contributed by atoms with Gasteiger partial charge in [0.2, 0.25) is 5.91 Å². The summed E-state index contributed by atoms with van der Waals surface area (Å²) in [7, 11) is 2.19. The number of nitrogens with zero attached hydrogens (tertiary/aromatic N) is 4. The second-order valence-electron chi connectivity index (χ2n) is 10.4. The van der Waals surface area contributed by atoms with Crippen molar-refractivity contribution in [3.8, 4) is 0 Å². The molecule has 2 aliphatic heterocycles. The number of nitrogens with one attached hydrogen (secondary N) is 1. The summed E-state index contributed by atoms with van der Waals surface area (Å²) in [5.74, 6) is -0.000380. The molecule has 1 saturated carbocycles. The number of hydrogen-bond donors (Lipinski definition) is 1. The van der Waals surface area contributed by atoms with E-state index in [4.69, 9.17) is 1.37 Å². The number of piperazine rings is 1. The standard InChI is InChI=1S/C27H39N5O2/c1-29-13-10-23(11-14-29)30-15-17-31(18-16-30)26(33)20-32(24-5-3-2-4-6-24)27(34)22-8-7-21-9-12-28-25(21)19-22/h7-9,12,19,23-24,28H,2-6,10-11,13-18,20H2,1H3/i12D. The number of aromatic amines is 1. The number of fused-ring (bicyclic) bond motifs is 1. The molecule has 1 aromatic heterocycles. The maximum absolute atomic E-state index is 13.7. The second kappa shape index (κ2) is 10.5. The van der Waals surface area contributed by atoms with Crippen LogP contribution in [0.4, 0.5) is 0 Å². The average Bonchev–Trinajstić information content (AvgIpc) is 3.27. The van der Waals surface area contributed by atoms with E-state index in [1.54, 1.807) is 6.07 Å². The smallest absolute Gasteiger partial charge is 0.254 e. The van der Waals surface area contributed by atoms with Gasteiger partial charge in [0, 0.05) is 55.5 Å². The molecule has 34 heavy (non-hydrogen) atoms. The lowest BCUT2D eigenvalue weighted by molar-refractivity contribution is -0.134. The molecule has 0 radical (unpaired) electrons. The van der Waals surface area contributed by atoms with Gasteiger partial charge in [-0.15, -0.1) is 0 Å². The summed E-state index contributed by atoms with van der Waals surface area (Å²) < 4.78 is 7.83. The average molecular weight is 467 g/mol. The van der Waals surface area contributed by atoms with Gasteiger partial charge in [0.05, 0.1) is 1.37 Å². The number of H-pyrrole nitrogens is 1. The van der Waals surface area contributed by atoms with Gasteiger partial charge in [0.1, 0.15) is 6.54 Å².